The van der Waals surface area contributed by atoms with Gasteiger partial charge in [-0.2, -0.15) is 0 Å². The van der Waals surface area contributed by atoms with Gasteiger partial charge in [0.15, 0.2) is 0 Å². The molecule has 0 atom stereocenters. The molecule has 0 aliphatic carbocycles. The van der Waals surface area contributed by atoms with E-state index in [1.165, 1.54) is 6.42 Å². The summed E-state index contributed by atoms with van der Waals surface area (Å²) in [6, 6.07) is 0. The van der Waals surface area contributed by atoms with Gasteiger partial charge in [0.2, 0.25) is 0 Å². The van der Waals surface area contributed by atoms with Crippen LogP contribution in [0.3, 0.4) is 0 Å². The Hall–Kier alpha value is -0.680. The van der Waals surface area contributed by atoms with Gasteiger partial charge < -0.3 is 70.4 Å². The summed E-state index contributed by atoms with van der Waals surface area (Å²) in [5.74, 6) is 0. The Morgan fingerprint density at radius 1 is 0.278 bits per heavy atom. The molecule has 0 amide bonds. The van der Waals surface area contributed by atoms with Crippen molar-refractivity contribution in [3.8, 4) is 0 Å². The lowest BCUT2D eigenvalue weighted by Gasteiger charge is -2.26. The van der Waals surface area contributed by atoms with E-state index in [1.807, 2.05) is 14.1 Å². The first-order valence-corrected chi connectivity index (χ1v) is 21.5. The van der Waals surface area contributed by atoms with Crippen molar-refractivity contribution in [2.45, 2.75) is 13.3 Å². The fraction of sp³-hybridized carbons (Fsp3) is 1.00. The van der Waals surface area contributed by atoms with Crippen LogP contribution in [-0.2, 0) is 0 Å². The summed E-state index contributed by atoms with van der Waals surface area (Å²) in [5, 5.41) is 28.2. The third-order valence-electron chi connectivity index (χ3n) is 9.47. The van der Waals surface area contributed by atoms with Crippen LogP contribution in [0, 0.1) is 0 Å². The predicted octanol–water partition coefficient (Wildman–Crippen LogP) is -5.28. The maximum Gasteiger partial charge on any atom is 0.0108 e. The van der Waals surface area contributed by atoms with Crippen LogP contribution in [0.5, 0.6) is 0 Å². The van der Waals surface area contributed by atoms with Crippen LogP contribution in [0.4, 0.5) is 0 Å². The first-order valence-electron chi connectivity index (χ1n) is 21.5. The van der Waals surface area contributed by atoms with E-state index in [4.69, 9.17) is 22.9 Å². The van der Waals surface area contributed by atoms with Gasteiger partial charge in [-0.15, -0.1) is 0 Å². The number of nitrogens with zero attached hydrogens (tertiary/aromatic N) is 5. The van der Waals surface area contributed by atoms with Gasteiger partial charge in [-0.3, -0.25) is 19.6 Å². The van der Waals surface area contributed by atoms with Crippen molar-refractivity contribution in [1.29, 1.82) is 0 Å². The lowest BCUT2D eigenvalue weighted by molar-refractivity contribution is 0.245. The number of nitrogens with two attached hydrogens (primary N) is 4. The average Bonchev–Trinajstić information content (AvgIpc) is 3.17. The monoisotopic (exact) mass is 776 g/mol. The highest BCUT2D eigenvalue weighted by Gasteiger charge is 2.09. The summed E-state index contributed by atoms with van der Waals surface area (Å²) in [6.07, 6.45) is 1.17. The molecule has 0 spiro atoms. The van der Waals surface area contributed by atoms with Crippen molar-refractivity contribution in [3.05, 3.63) is 0 Å². The number of rotatable bonds is 46. The molecule has 16 N–H and O–H groups in total. The lowest BCUT2D eigenvalue weighted by atomic mass is 10.3. The van der Waals surface area contributed by atoms with Crippen molar-refractivity contribution < 1.29 is 0 Å². The molecule has 0 aromatic carbocycles. The molecule has 0 saturated heterocycles. The highest BCUT2D eigenvalue weighted by Crippen LogP contribution is 1.92. The van der Waals surface area contributed by atoms with E-state index in [-0.39, 0.29) is 0 Å². The molecule has 0 heterocycles. The zero-order valence-electron chi connectivity index (χ0n) is 35.6. The third-order valence-corrected chi connectivity index (χ3v) is 9.47. The van der Waals surface area contributed by atoms with Crippen LogP contribution in [-0.4, -0.2) is 255 Å². The maximum absolute atomic E-state index is 5.87. The van der Waals surface area contributed by atoms with Crippen molar-refractivity contribution >= 4 is 0 Å². The largest absolute Gasteiger partial charge is 0.329 e. The van der Waals surface area contributed by atoms with E-state index in [0.29, 0.717) is 26.2 Å². The summed E-state index contributed by atoms with van der Waals surface area (Å²) in [4.78, 5) is 12.5. The van der Waals surface area contributed by atoms with Gasteiger partial charge in [-0.1, -0.05) is 6.92 Å². The summed E-state index contributed by atoms with van der Waals surface area (Å²) < 4.78 is 0. The van der Waals surface area contributed by atoms with Gasteiger partial charge >= 0.3 is 0 Å². The highest BCUT2D eigenvalue weighted by atomic mass is 15.2. The average molecular weight is 776 g/mol. The Balaban J connectivity index is 4.65. The Labute approximate surface area is 332 Å². The van der Waals surface area contributed by atoms with Gasteiger partial charge in [0.05, 0.1) is 0 Å². The molecule has 0 bridgehead atoms. The Bertz CT molecular complexity index is 707. The second-order valence-corrected chi connectivity index (χ2v) is 14.1. The topological polar surface area (TPSA) is 217 Å². The zero-order valence-corrected chi connectivity index (χ0v) is 35.6. The molecule has 0 aromatic rings. The number of likely N-dealkylation sites (N-methyl/N-ethyl adjacent to an activating group) is 2. The molecule has 0 unspecified atom stereocenters. The first-order chi connectivity index (χ1) is 26.6. The molecular formula is C37H93N17. The normalized spacial score (nSPS) is 12.2. The van der Waals surface area contributed by atoms with E-state index >= 15 is 0 Å². The van der Waals surface area contributed by atoms with E-state index in [1.54, 1.807) is 0 Å². The molecule has 0 fully saturated rings. The number of nitrogens with one attached hydrogen (secondary N) is 8. The Kier molecular flexibility index (Phi) is 42.9. The third kappa shape index (κ3) is 35.7. The second-order valence-electron chi connectivity index (χ2n) is 14.1. The van der Waals surface area contributed by atoms with Gasteiger partial charge in [0, 0.05) is 209 Å². The van der Waals surface area contributed by atoms with Crippen molar-refractivity contribution in [2.24, 2.45) is 22.9 Å². The van der Waals surface area contributed by atoms with Crippen LogP contribution in [0.15, 0.2) is 0 Å². The fourth-order valence-corrected chi connectivity index (χ4v) is 6.25. The van der Waals surface area contributed by atoms with Crippen molar-refractivity contribution in [1.82, 2.24) is 67.0 Å². The lowest BCUT2D eigenvalue weighted by Crippen LogP contribution is -2.44. The van der Waals surface area contributed by atoms with E-state index in [0.717, 1.165) is 190 Å². The van der Waals surface area contributed by atoms with Crippen molar-refractivity contribution in [2.75, 3.05) is 230 Å². The molecule has 17 heteroatoms. The highest BCUT2D eigenvalue weighted by molar-refractivity contribution is 4.70. The second kappa shape index (κ2) is 43.4. The maximum atomic E-state index is 5.87. The van der Waals surface area contributed by atoms with Gasteiger partial charge in [0.1, 0.15) is 0 Å². The molecule has 0 aliphatic rings. The van der Waals surface area contributed by atoms with Gasteiger partial charge in [-0.05, 0) is 27.1 Å². The van der Waals surface area contributed by atoms with Crippen molar-refractivity contribution in [3.63, 3.8) is 0 Å². The molecule has 0 aliphatic heterocycles. The summed E-state index contributed by atoms with van der Waals surface area (Å²) in [7, 11) is 4.01. The smallest absolute Gasteiger partial charge is 0.0108 e. The van der Waals surface area contributed by atoms with E-state index < -0.39 is 0 Å². The summed E-state index contributed by atoms with van der Waals surface area (Å²) >= 11 is 0. The van der Waals surface area contributed by atoms with Gasteiger partial charge in [-0.25, -0.2) is 0 Å². The molecule has 54 heavy (non-hydrogen) atoms. The molecule has 17 nitrogen and oxygen atoms in total. The number of hydrogen-bond acceptors (Lipinski definition) is 17. The molecule has 0 saturated carbocycles. The quantitative estimate of drug-likeness (QED) is 0.0260. The van der Waals surface area contributed by atoms with E-state index in [2.05, 4.69) is 74.0 Å². The minimum absolute atomic E-state index is 0.671. The fourth-order valence-electron chi connectivity index (χ4n) is 6.25. The minimum Gasteiger partial charge on any atom is -0.329 e. The first kappa shape index (κ1) is 53.3. The molecule has 0 radical (unpaired) electrons. The Morgan fingerprint density at radius 2 is 0.537 bits per heavy atom. The van der Waals surface area contributed by atoms with Gasteiger partial charge in [0.25, 0.3) is 0 Å². The van der Waals surface area contributed by atoms with Crippen LogP contribution >= 0.6 is 0 Å². The number of hydrogen-bond donors (Lipinski definition) is 12. The SMILES string of the molecule is CCCN(CCNCCN(CCN)CCNCCNC)CCNCCN(CCNCCN(CCN)CCN)CCNCCN(CCNC)CCNCCN. The van der Waals surface area contributed by atoms with Crippen LogP contribution < -0.4 is 65.5 Å². The molecule has 0 aromatic heterocycles. The zero-order chi connectivity index (χ0) is 39.6. The van der Waals surface area contributed by atoms with Crippen LogP contribution in [0.1, 0.15) is 13.3 Å². The predicted molar refractivity (Wildman–Crippen MR) is 234 cm³/mol. The van der Waals surface area contributed by atoms with Crippen LogP contribution in [0.25, 0.3) is 0 Å². The minimum atomic E-state index is 0.671. The Morgan fingerprint density at radius 3 is 0.833 bits per heavy atom. The summed E-state index contributed by atoms with van der Waals surface area (Å²) in [6.45, 7) is 34.1. The summed E-state index contributed by atoms with van der Waals surface area (Å²) in [5.41, 5.74) is 23.1. The molecular weight excluding hydrogens is 683 g/mol. The standard InChI is InChI=1S/C37H93N17/c1-4-23-50(28-15-46-18-32-52(26-8-41)31-14-45-11-10-42-2)29-16-47-20-35-54(36-21-48-17-30-51(24-6-39)25-7-40)37-22-49-19-34-53(27-12-43-3)33-13-44-9-5-38/h42-49H,4-41H2,1-3H3. The molecule has 0 rings (SSSR count). The molecule has 326 valence electrons. The van der Waals surface area contributed by atoms with Crippen LogP contribution in [0.2, 0.25) is 0 Å². The van der Waals surface area contributed by atoms with E-state index in [9.17, 15) is 0 Å².